The molecule has 0 amide bonds. The highest BCUT2D eigenvalue weighted by Gasteiger charge is 2.04. The first kappa shape index (κ1) is 13.5. The molecule has 90 valence electrons. The molecule has 1 aromatic heterocycles. The first-order valence-electron chi connectivity index (χ1n) is 5.60. The SMILES string of the molecule is CC(C)CNCC(O)CSc1ccncc1. The fourth-order valence-electron chi connectivity index (χ4n) is 1.22. The number of thioether (sulfide) groups is 1. The molecular formula is C12H20N2OS. The summed E-state index contributed by atoms with van der Waals surface area (Å²) in [6, 6.07) is 3.91. The second-order valence-electron chi connectivity index (χ2n) is 4.20. The minimum absolute atomic E-state index is 0.295. The highest BCUT2D eigenvalue weighted by Crippen LogP contribution is 2.16. The third kappa shape index (κ3) is 6.10. The predicted molar refractivity (Wildman–Crippen MR) is 68.7 cm³/mol. The van der Waals surface area contributed by atoms with Gasteiger partial charge in [0.25, 0.3) is 0 Å². The van der Waals surface area contributed by atoms with E-state index in [-0.39, 0.29) is 6.10 Å². The Hall–Kier alpha value is -0.580. The number of rotatable bonds is 7. The number of aromatic nitrogens is 1. The molecule has 2 N–H and O–H groups in total. The van der Waals surface area contributed by atoms with Gasteiger partial charge in [0.15, 0.2) is 0 Å². The lowest BCUT2D eigenvalue weighted by Crippen LogP contribution is -2.30. The molecule has 0 saturated heterocycles. The Morgan fingerprint density at radius 1 is 1.31 bits per heavy atom. The van der Waals surface area contributed by atoms with Crippen molar-refractivity contribution in [1.82, 2.24) is 10.3 Å². The molecule has 0 fully saturated rings. The molecule has 0 aliphatic rings. The molecular weight excluding hydrogens is 220 g/mol. The summed E-state index contributed by atoms with van der Waals surface area (Å²) >= 11 is 1.66. The van der Waals surface area contributed by atoms with Crippen molar-refractivity contribution in [3.63, 3.8) is 0 Å². The van der Waals surface area contributed by atoms with Crippen LogP contribution in [0.5, 0.6) is 0 Å². The number of nitrogens with one attached hydrogen (secondary N) is 1. The van der Waals surface area contributed by atoms with Crippen LogP contribution < -0.4 is 5.32 Å². The molecule has 1 rings (SSSR count). The molecule has 0 saturated carbocycles. The van der Waals surface area contributed by atoms with Crippen molar-refractivity contribution in [2.45, 2.75) is 24.8 Å². The molecule has 16 heavy (non-hydrogen) atoms. The topological polar surface area (TPSA) is 45.1 Å². The fourth-order valence-corrected chi connectivity index (χ4v) is 2.04. The summed E-state index contributed by atoms with van der Waals surface area (Å²) < 4.78 is 0. The summed E-state index contributed by atoms with van der Waals surface area (Å²) in [5, 5.41) is 13.0. The van der Waals surface area contributed by atoms with Crippen molar-refractivity contribution in [2.75, 3.05) is 18.8 Å². The zero-order valence-corrected chi connectivity index (χ0v) is 10.7. The Bertz CT molecular complexity index is 280. The van der Waals surface area contributed by atoms with E-state index in [1.807, 2.05) is 12.1 Å². The van der Waals surface area contributed by atoms with Crippen LogP contribution in [-0.2, 0) is 0 Å². The highest BCUT2D eigenvalue weighted by molar-refractivity contribution is 7.99. The van der Waals surface area contributed by atoms with Gasteiger partial charge in [0.05, 0.1) is 6.10 Å². The Labute approximate surface area is 102 Å². The molecule has 0 aliphatic heterocycles. The maximum Gasteiger partial charge on any atom is 0.0758 e. The summed E-state index contributed by atoms with van der Waals surface area (Å²) in [5.41, 5.74) is 0. The molecule has 0 radical (unpaired) electrons. The number of hydrogen-bond acceptors (Lipinski definition) is 4. The minimum atomic E-state index is -0.295. The van der Waals surface area contributed by atoms with Crippen molar-refractivity contribution in [1.29, 1.82) is 0 Å². The lowest BCUT2D eigenvalue weighted by atomic mass is 10.2. The van der Waals surface area contributed by atoms with Gasteiger partial charge in [-0.1, -0.05) is 13.8 Å². The quantitative estimate of drug-likeness (QED) is 0.713. The summed E-state index contributed by atoms with van der Waals surface area (Å²) in [7, 11) is 0. The molecule has 3 nitrogen and oxygen atoms in total. The molecule has 1 unspecified atom stereocenters. The van der Waals surface area contributed by atoms with Crippen molar-refractivity contribution in [2.24, 2.45) is 5.92 Å². The average molecular weight is 240 g/mol. The fraction of sp³-hybridized carbons (Fsp3) is 0.583. The van der Waals surface area contributed by atoms with Gasteiger partial charge < -0.3 is 10.4 Å². The van der Waals surface area contributed by atoms with Gasteiger partial charge in [-0.05, 0) is 24.6 Å². The first-order valence-corrected chi connectivity index (χ1v) is 6.58. The van der Waals surface area contributed by atoms with Gasteiger partial charge in [-0.2, -0.15) is 0 Å². The summed E-state index contributed by atoms with van der Waals surface area (Å²) in [6.07, 6.45) is 3.24. The van der Waals surface area contributed by atoms with Gasteiger partial charge in [-0.3, -0.25) is 4.98 Å². The Morgan fingerprint density at radius 2 is 2.00 bits per heavy atom. The van der Waals surface area contributed by atoms with Gasteiger partial charge in [0, 0.05) is 29.6 Å². The number of pyridine rings is 1. The van der Waals surface area contributed by atoms with Gasteiger partial charge in [0.1, 0.15) is 0 Å². The van der Waals surface area contributed by atoms with E-state index >= 15 is 0 Å². The van der Waals surface area contributed by atoms with E-state index in [1.165, 1.54) is 0 Å². The molecule has 1 atom stereocenters. The molecule has 0 aromatic carbocycles. The van der Waals surface area contributed by atoms with Crippen LogP contribution in [0.25, 0.3) is 0 Å². The van der Waals surface area contributed by atoms with Crippen LogP contribution in [0.3, 0.4) is 0 Å². The predicted octanol–water partition coefficient (Wildman–Crippen LogP) is 1.78. The lowest BCUT2D eigenvalue weighted by Gasteiger charge is -2.12. The van der Waals surface area contributed by atoms with Gasteiger partial charge in [-0.25, -0.2) is 0 Å². The number of aliphatic hydroxyl groups is 1. The standard InChI is InChI=1S/C12H20N2OS/c1-10(2)7-14-8-11(15)9-16-12-3-5-13-6-4-12/h3-6,10-11,14-15H,7-9H2,1-2H3. The lowest BCUT2D eigenvalue weighted by molar-refractivity contribution is 0.194. The second-order valence-corrected chi connectivity index (χ2v) is 5.29. The summed E-state index contributed by atoms with van der Waals surface area (Å²) in [4.78, 5) is 5.10. The Morgan fingerprint density at radius 3 is 2.62 bits per heavy atom. The highest BCUT2D eigenvalue weighted by atomic mass is 32.2. The van der Waals surface area contributed by atoms with E-state index in [1.54, 1.807) is 24.2 Å². The monoisotopic (exact) mass is 240 g/mol. The molecule has 0 spiro atoms. The van der Waals surface area contributed by atoms with Crippen LogP contribution in [0.15, 0.2) is 29.4 Å². The first-order chi connectivity index (χ1) is 7.68. The van der Waals surface area contributed by atoms with E-state index in [9.17, 15) is 5.11 Å². The minimum Gasteiger partial charge on any atom is -0.391 e. The van der Waals surface area contributed by atoms with Gasteiger partial charge in [0.2, 0.25) is 0 Å². The van der Waals surface area contributed by atoms with Crippen molar-refractivity contribution < 1.29 is 5.11 Å². The normalized spacial score (nSPS) is 13.0. The van der Waals surface area contributed by atoms with Crippen molar-refractivity contribution >= 4 is 11.8 Å². The number of hydrogen-bond donors (Lipinski definition) is 2. The maximum atomic E-state index is 9.72. The molecule has 0 bridgehead atoms. The Kier molecular flexibility index (Phi) is 6.45. The van der Waals surface area contributed by atoms with Crippen LogP contribution in [0.2, 0.25) is 0 Å². The van der Waals surface area contributed by atoms with E-state index in [0.717, 1.165) is 17.2 Å². The largest absolute Gasteiger partial charge is 0.391 e. The number of aliphatic hydroxyl groups excluding tert-OH is 1. The molecule has 4 heteroatoms. The zero-order chi connectivity index (χ0) is 11.8. The van der Waals surface area contributed by atoms with Crippen LogP contribution in [0.4, 0.5) is 0 Å². The third-order valence-corrected chi connectivity index (χ3v) is 3.18. The van der Waals surface area contributed by atoms with E-state index in [4.69, 9.17) is 0 Å². The summed E-state index contributed by atoms with van der Waals surface area (Å²) in [5.74, 6) is 1.34. The molecule has 1 aromatic rings. The maximum absolute atomic E-state index is 9.72. The third-order valence-electron chi connectivity index (χ3n) is 2.02. The van der Waals surface area contributed by atoms with Crippen LogP contribution in [0.1, 0.15) is 13.8 Å². The van der Waals surface area contributed by atoms with Gasteiger partial charge >= 0.3 is 0 Å². The summed E-state index contributed by atoms with van der Waals surface area (Å²) in [6.45, 7) is 5.93. The van der Waals surface area contributed by atoms with Gasteiger partial charge in [-0.15, -0.1) is 11.8 Å². The molecule has 0 aliphatic carbocycles. The average Bonchev–Trinajstić information content (AvgIpc) is 2.27. The van der Waals surface area contributed by atoms with Crippen LogP contribution in [0, 0.1) is 5.92 Å². The zero-order valence-electron chi connectivity index (χ0n) is 9.89. The van der Waals surface area contributed by atoms with Crippen molar-refractivity contribution in [3.05, 3.63) is 24.5 Å². The van der Waals surface area contributed by atoms with Crippen LogP contribution in [-0.4, -0.2) is 35.0 Å². The molecule has 1 heterocycles. The van der Waals surface area contributed by atoms with E-state index in [0.29, 0.717) is 12.5 Å². The smallest absolute Gasteiger partial charge is 0.0758 e. The Balaban J connectivity index is 2.13. The van der Waals surface area contributed by atoms with Crippen LogP contribution >= 0.6 is 11.8 Å². The second kappa shape index (κ2) is 7.65. The van der Waals surface area contributed by atoms with E-state index in [2.05, 4.69) is 24.1 Å². The van der Waals surface area contributed by atoms with Crippen molar-refractivity contribution in [3.8, 4) is 0 Å². The van der Waals surface area contributed by atoms with E-state index < -0.39 is 0 Å². The number of nitrogens with zero attached hydrogens (tertiary/aromatic N) is 1.